The number of carbonyl (C=O) groups is 2. The van der Waals surface area contributed by atoms with E-state index in [-0.39, 0.29) is 18.6 Å². The maximum atomic E-state index is 13.5. The van der Waals surface area contributed by atoms with Crippen molar-refractivity contribution in [1.82, 2.24) is 10.3 Å². The van der Waals surface area contributed by atoms with E-state index in [0.717, 1.165) is 28.8 Å². The first-order valence-electron chi connectivity index (χ1n) is 9.33. The van der Waals surface area contributed by atoms with Crippen molar-refractivity contribution >= 4 is 11.8 Å². The fourth-order valence-electron chi connectivity index (χ4n) is 3.14. The van der Waals surface area contributed by atoms with E-state index in [2.05, 4.69) is 10.3 Å². The minimum absolute atomic E-state index is 0.0490. The summed E-state index contributed by atoms with van der Waals surface area (Å²) in [4.78, 5) is 27.8. The van der Waals surface area contributed by atoms with Crippen LogP contribution < -0.4 is 5.32 Å². The molecule has 0 spiro atoms. The lowest BCUT2D eigenvalue weighted by Gasteiger charge is -2.17. The summed E-state index contributed by atoms with van der Waals surface area (Å²) in [5.74, 6) is -3.35. The molecule has 3 rings (SSSR count). The van der Waals surface area contributed by atoms with Crippen LogP contribution in [-0.4, -0.2) is 34.4 Å². The van der Waals surface area contributed by atoms with E-state index in [0.29, 0.717) is 5.56 Å². The highest BCUT2D eigenvalue weighted by Gasteiger charge is 2.20. The fourth-order valence-corrected chi connectivity index (χ4v) is 3.14. The van der Waals surface area contributed by atoms with Gasteiger partial charge in [0.05, 0.1) is 12.6 Å². The molecule has 2 N–H and O–H groups in total. The van der Waals surface area contributed by atoms with E-state index >= 15 is 0 Å². The van der Waals surface area contributed by atoms with Crippen LogP contribution in [0.3, 0.4) is 0 Å². The molecule has 0 aliphatic carbocycles. The van der Waals surface area contributed by atoms with Crippen LogP contribution in [0.4, 0.5) is 8.78 Å². The van der Waals surface area contributed by atoms with Gasteiger partial charge in [-0.25, -0.2) is 8.78 Å². The van der Waals surface area contributed by atoms with Gasteiger partial charge in [-0.2, -0.15) is 0 Å². The lowest BCUT2D eigenvalue weighted by molar-refractivity contribution is -0.136. The van der Waals surface area contributed by atoms with Crippen molar-refractivity contribution < 1.29 is 23.5 Å². The maximum absolute atomic E-state index is 13.5. The number of carboxylic acids is 1. The Hall–Kier alpha value is -3.45. The molecule has 1 heterocycles. The Morgan fingerprint density at radius 2 is 1.70 bits per heavy atom. The number of benzene rings is 2. The summed E-state index contributed by atoms with van der Waals surface area (Å²) in [5, 5.41) is 11.6. The molecular formula is C23H20F2N2O3. The number of pyridine rings is 1. The molecule has 0 aliphatic rings. The SMILES string of the molecule is O=C(O)CN[C@@H](Cc1ccc(F)c(F)c1)C(=O)Cc1cccc(-c2ccncc2)c1. The number of halogens is 2. The third kappa shape index (κ3) is 5.78. The second-order valence-electron chi connectivity index (χ2n) is 6.86. The van der Waals surface area contributed by atoms with E-state index in [4.69, 9.17) is 5.11 Å². The predicted octanol–water partition coefficient (Wildman–Crippen LogP) is 3.42. The quantitative estimate of drug-likeness (QED) is 0.565. The summed E-state index contributed by atoms with van der Waals surface area (Å²) in [6.45, 7) is -0.420. The Bertz CT molecular complexity index is 1040. The molecule has 3 aromatic rings. The molecule has 0 radical (unpaired) electrons. The summed E-state index contributed by atoms with van der Waals surface area (Å²) in [6.07, 6.45) is 3.48. The van der Waals surface area contributed by atoms with E-state index in [1.165, 1.54) is 6.07 Å². The third-order valence-electron chi connectivity index (χ3n) is 4.63. The van der Waals surface area contributed by atoms with E-state index in [1.54, 1.807) is 12.4 Å². The number of Topliss-reactive ketones (excluding diaryl/α,β-unsaturated/α-hetero) is 1. The number of aliphatic carboxylic acids is 1. The molecule has 0 saturated carbocycles. The Morgan fingerprint density at radius 3 is 2.40 bits per heavy atom. The van der Waals surface area contributed by atoms with E-state index in [9.17, 15) is 18.4 Å². The molecule has 5 nitrogen and oxygen atoms in total. The first-order chi connectivity index (χ1) is 14.4. The Labute approximate surface area is 172 Å². The van der Waals surface area contributed by atoms with E-state index < -0.39 is 30.2 Å². The van der Waals surface area contributed by atoms with Crippen LogP contribution in [0.1, 0.15) is 11.1 Å². The third-order valence-corrected chi connectivity index (χ3v) is 4.63. The minimum Gasteiger partial charge on any atom is -0.480 e. The Morgan fingerprint density at radius 1 is 0.933 bits per heavy atom. The van der Waals surface area contributed by atoms with Crippen LogP contribution >= 0.6 is 0 Å². The van der Waals surface area contributed by atoms with Crippen LogP contribution in [0, 0.1) is 11.6 Å². The van der Waals surface area contributed by atoms with Gasteiger partial charge in [0.2, 0.25) is 0 Å². The average molecular weight is 410 g/mol. The van der Waals surface area contributed by atoms with Gasteiger partial charge in [0.15, 0.2) is 17.4 Å². The molecule has 0 saturated heterocycles. The molecule has 0 aliphatic heterocycles. The molecule has 30 heavy (non-hydrogen) atoms. The summed E-state index contributed by atoms with van der Waals surface area (Å²) in [5.41, 5.74) is 3.05. The van der Waals surface area contributed by atoms with Crippen molar-refractivity contribution in [1.29, 1.82) is 0 Å². The highest BCUT2D eigenvalue weighted by atomic mass is 19.2. The molecule has 154 valence electrons. The molecule has 0 amide bonds. The summed E-state index contributed by atoms with van der Waals surface area (Å²) >= 11 is 0. The number of ketones is 1. The lowest BCUT2D eigenvalue weighted by atomic mass is 9.96. The minimum atomic E-state index is -1.11. The van der Waals surface area contributed by atoms with Crippen molar-refractivity contribution in [3.63, 3.8) is 0 Å². The van der Waals surface area contributed by atoms with Crippen molar-refractivity contribution in [2.24, 2.45) is 0 Å². The average Bonchev–Trinajstić information content (AvgIpc) is 2.74. The van der Waals surface area contributed by atoms with Gasteiger partial charge < -0.3 is 5.11 Å². The molecule has 0 unspecified atom stereocenters. The number of rotatable bonds is 9. The van der Waals surface area contributed by atoms with Crippen LogP contribution in [-0.2, 0) is 22.4 Å². The second kappa shape index (κ2) is 9.84. The molecule has 0 bridgehead atoms. The maximum Gasteiger partial charge on any atom is 0.317 e. The number of hydrogen-bond donors (Lipinski definition) is 2. The van der Waals surface area contributed by atoms with Gasteiger partial charge in [-0.1, -0.05) is 30.3 Å². The number of carbonyl (C=O) groups excluding carboxylic acids is 1. The Kier molecular flexibility index (Phi) is 6.98. The number of nitrogens with one attached hydrogen (secondary N) is 1. The van der Waals surface area contributed by atoms with Gasteiger partial charge in [0.1, 0.15) is 0 Å². The van der Waals surface area contributed by atoms with Crippen LogP contribution in [0.2, 0.25) is 0 Å². The standard InChI is InChI=1S/C23H20F2N2O3/c24-19-5-4-16(11-20(19)25)12-21(27-14-23(29)30)22(28)13-15-2-1-3-18(10-15)17-6-8-26-9-7-17/h1-11,21,27H,12-14H2,(H,29,30)/t21-/m0/s1. The number of carboxylic acid groups (broad SMARTS) is 1. The molecular weight excluding hydrogens is 390 g/mol. The van der Waals surface area contributed by atoms with Crippen molar-refractivity contribution in [2.45, 2.75) is 18.9 Å². The largest absolute Gasteiger partial charge is 0.480 e. The Balaban J connectivity index is 1.77. The highest BCUT2D eigenvalue weighted by molar-refractivity contribution is 5.87. The van der Waals surface area contributed by atoms with Gasteiger partial charge >= 0.3 is 5.97 Å². The molecule has 7 heteroatoms. The van der Waals surface area contributed by atoms with E-state index in [1.807, 2.05) is 36.4 Å². The van der Waals surface area contributed by atoms with Crippen LogP contribution in [0.25, 0.3) is 11.1 Å². The van der Waals surface area contributed by atoms with Crippen LogP contribution in [0.5, 0.6) is 0 Å². The monoisotopic (exact) mass is 410 g/mol. The number of nitrogens with zero attached hydrogens (tertiary/aromatic N) is 1. The summed E-state index contributed by atoms with van der Waals surface area (Å²) in [7, 11) is 0. The first-order valence-corrected chi connectivity index (χ1v) is 9.33. The zero-order valence-electron chi connectivity index (χ0n) is 16.0. The molecule has 1 aromatic heterocycles. The summed E-state index contributed by atoms with van der Waals surface area (Å²) in [6, 6.07) is 13.7. The topological polar surface area (TPSA) is 79.3 Å². The normalized spacial score (nSPS) is 11.8. The zero-order valence-corrected chi connectivity index (χ0v) is 16.0. The fraction of sp³-hybridized carbons (Fsp3) is 0.174. The van der Waals surface area contributed by atoms with Crippen LogP contribution in [0.15, 0.2) is 67.0 Å². The van der Waals surface area contributed by atoms with Crippen molar-refractivity contribution in [3.05, 3.63) is 89.8 Å². The predicted molar refractivity (Wildman–Crippen MR) is 108 cm³/mol. The number of aromatic nitrogens is 1. The number of hydrogen-bond acceptors (Lipinski definition) is 4. The highest BCUT2D eigenvalue weighted by Crippen LogP contribution is 2.20. The van der Waals surface area contributed by atoms with Gasteiger partial charge in [-0.15, -0.1) is 0 Å². The second-order valence-corrected chi connectivity index (χ2v) is 6.86. The van der Waals surface area contributed by atoms with Gasteiger partial charge in [-0.3, -0.25) is 19.9 Å². The molecule has 1 atom stereocenters. The van der Waals surface area contributed by atoms with Gasteiger partial charge in [0.25, 0.3) is 0 Å². The molecule has 0 fully saturated rings. The van der Waals surface area contributed by atoms with Crippen molar-refractivity contribution in [3.8, 4) is 11.1 Å². The molecule has 2 aromatic carbocycles. The summed E-state index contributed by atoms with van der Waals surface area (Å²) < 4.78 is 26.7. The first kappa shape index (κ1) is 21.3. The zero-order chi connectivity index (χ0) is 21.5. The van der Waals surface area contributed by atoms with Crippen molar-refractivity contribution in [2.75, 3.05) is 6.54 Å². The lowest BCUT2D eigenvalue weighted by Crippen LogP contribution is -2.42. The van der Waals surface area contributed by atoms with Gasteiger partial charge in [-0.05, 0) is 52.9 Å². The smallest absolute Gasteiger partial charge is 0.317 e. The van der Waals surface area contributed by atoms with Gasteiger partial charge in [0, 0.05) is 18.8 Å².